The number of nitrogens with one attached hydrogen (secondary N) is 1. The van der Waals surface area contributed by atoms with E-state index in [4.69, 9.17) is 9.47 Å². The van der Waals surface area contributed by atoms with Crippen molar-refractivity contribution < 1.29 is 19.1 Å². The van der Waals surface area contributed by atoms with Gasteiger partial charge in [-0.2, -0.15) is 0 Å². The zero-order valence-electron chi connectivity index (χ0n) is 11.7. The predicted molar refractivity (Wildman–Crippen MR) is 74.2 cm³/mol. The zero-order valence-corrected chi connectivity index (χ0v) is 11.7. The van der Waals surface area contributed by atoms with Crippen LogP contribution in [-0.2, 0) is 9.53 Å². The Morgan fingerprint density at radius 2 is 2.40 bits per heavy atom. The van der Waals surface area contributed by atoms with E-state index in [1.54, 1.807) is 32.2 Å². The summed E-state index contributed by atoms with van der Waals surface area (Å²) in [5.41, 5.74) is 1.45. The normalized spacial score (nSPS) is 19.6. The van der Waals surface area contributed by atoms with E-state index >= 15 is 0 Å². The molecule has 5 heteroatoms. The summed E-state index contributed by atoms with van der Waals surface area (Å²) in [5, 5.41) is 3.23. The first-order valence-electron chi connectivity index (χ1n) is 6.59. The van der Waals surface area contributed by atoms with E-state index in [1.807, 2.05) is 0 Å². The lowest BCUT2D eigenvalue weighted by Gasteiger charge is -2.24. The van der Waals surface area contributed by atoms with Crippen LogP contribution in [0.2, 0.25) is 0 Å². The van der Waals surface area contributed by atoms with Gasteiger partial charge in [0.1, 0.15) is 17.8 Å². The van der Waals surface area contributed by atoms with Crippen molar-refractivity contribution in [1.82, 2.24) is 5.32 Å². The number of hydrogen-bond acceptors (Lipinski definition) is 5. The fraction of sp³-hybridized carbons (Fsp3) is 0.467. The second-order valence-corrected chi connectivity index (χ2v) is 4.96. The highest BCUT2D eigenvalue weighted by atomic mass is 16.5. The van der Waals surface area contributed by atoms with Crippen LogP contribution in [0.25, 0.3) is 0 Å². The van der Waals surface area contributed by atoms with E-state index in [1.165, 1.54) is 0 Å². The number of carbonyl (C=O) groups is 2. The molecule has 5 nitrogen and oxygen atoms in total. The van der Waals surface area contributed by atoms with Gasteiger partial charge in [-0.1, -0.05) is 0 Å². The first kappa shape index (κ1) is 14.7. The Kier molecular flexibility index (Phi) is 4.87. The molecule has 0 saturated carbocycles. The highest BCUT2D eigenvalue weighted by Gasteiger charge is 2.30. The summed E-state index contributed by atoms with van der Waals surface area (Å²) in [5.74, 6) is 0.725. The highest BCUT2D eigenvalue weighted by molar-refractivity contribution is 5.78. The molecule has 1 N–H and O–H groups in total. The molecule has 2 atom stereocenters. The van der Waals surface area contributed by atoms with Gasteiger partial charge in [0, 0.05) is 23.9 Å². The fourth-order valence-corrected chi connectivity index (χ4v) is 2.56. The molecule has 2 unspecified atom stereocenters. The van der Waals surface area contributed by atoms with Crippen LogP contribution in [0, 0.1) is 0 Å². The van der Waals surface area contributed by atoms with Gasteiger partial charge < -0.3 is 14.3 Å². The van der Waals surface area contributed by atoms with Crippen molar-refractivity contribution in [2.24, 2.45) is 0 Å². The second kappa shape index (κ2) is 6.63. The SMILES string of the molecule is COc1ccc(C=O)cc1C(CC(C)=O)C1COCN1. The molecule has 1 fully saturated rings. The molecule has 0 spiro atoms. The maximum absolute atomic E-state index is 11.6. The van der Waals surface area contributed by atoms with Gasteiger partial charge in [0.05, 0.1) is 20.4 Å². The lowest BCUT2D eigenvalue weighted by atomic mass is 9.86. The van der Waals surface area contributed by atoms with E-state index in [-0.39, 0.29) is 17.7 Å². The summed E-state index contributed by atoms with van der Waals surface area (Å²) in [4.78, 5) is 22.5. The Morgan fingerprint density at radius 1 is 1.60 bits per heavy atom. The lowest BCUT2D eigenvalue weighted by Crippen LogP contribution is -2.32. The number of rotatable bonds is 6. The number of Topliss-reactive ketones (excluding diaryl/α,β-unsaturated/α-hetero) is 1. The Morgan fingerprint density at radius 3 is 2.95 bits per heavy atom. The Hall–Kier alpha value is -1.72. The average molecular weight is 277 g/mol. The van der Waals surface area contributed by atoms with E-state index in [0.717, 1.165) is 11.8 Å². The maximum Gasteiger partial charge on any atom is 0.150 e. The molecule has 1 aliphatic rings. The van der Waals surface area contributed by atoms with E-state index in [2.05, 4.69) is 5.32 Å². The number of carbonyl (C=O) groups excluding carboxylic acids is 2. The molecule has 0 aromatic heterocycles. The number of ether oxygens (including phenoxy) is 2. The predicted octanol–water partition coefficient (Wildman–Crippen LogP) is 1.52. The van der Waals surface area contributed by atoms with Crippen LogP contribution < -0.4 is 10.1 Å². The number of aldehydes is 1. The summed E-state index contributed by atoms with van der Waals surface area (Å²) in [7, 11) is 1.59. The van der Waals surface area contributed by atoms with Gasteiger partial charge in [-0.25, -0.2) is 0 Å². The number of methoxy groups -OCH3 is 1. The van der Waals surface area contributed by atoms with Gasteiger partial charge in [0.25, 0.3) is 0 Å². The van der Waals surface area contributed by atoms with Crippen molar-refractivity contribution in [3.8, 4) is 5.75 Å². The molecule has 1 saturated heterocycles. The quantitative estimate of drug-likeness (QED) is 0.799. The maximum atomic E-state index is 11.6. The standard InChI is InChI=1S/C15H19NO4/c1-10(18)5-12(14-8-20-9-16-14)13-6-11(7-17)3-4-15(13)19-2/h3-4,6-7,12,14,16H,5,8-9H2,1-2H3. The van der Waals surface area contributed by atoms with Gasteiger partial charge >= 0.3 is 0 Å². The van der Waals surface area contributed by atoms with Crippen LogP contribution in [0.15, 0.2) is 18.2 Å². The van der Waals surface area contributed by atoms with Crippen molar-refractivity contribution in [2.45, 2.75) is 25.3 Å². The van der Waals surface area contributed by atoms with Crippen molar-refractivity contribution in [1.29, 1.82) is 0 Å². The fourth-order valence-electron chi connectivity index (χ4n) is 2.56. The second-order valence-electron chi connectivity index (χ2n) is 4.96. The molecule has 0 amide bonds. The molecular weight excluding hydrogens is 258 g/mol. The van der Waals surface area contributed by atoms with Crippen molar-refractivity contribution in [2.75, 3.05) is 20.4 Å². The monoisotopic (exact) mass is 277 g/mol. The summed E-state index contributed by atoms with van der Waals surface area (Å²) in [6, 6.07) is 5.31. The van der Waals surface area contributed by atoms with Gasteiger partial charge in [0.2, 0.25) is 0 Å². The van der Waals surface area contributed by atoms with Crippen molar-refractivity contribution >= 4 is 12.1 Å². The van der Waals surface area contributed by atoms with Crippen LogP contribution in [0.4, 0.5) is 0 Å². The van der Waals surface area contributed by atoms with Crippen LogP contribution in [0.5, 0.6) is 5.75 Å². The largest absolute Gasteiger partial charge is 0.496 e. The first-order valence-corrected chi connectivity index (χ1v) is 6.59. The minimum absolute atomic E-state index is 0.0507. The van der Waals surface area contributed by atoms with Gasteiger partial charge in [0.15, 0.2) is 0 Å². The van der Waals surface area contributed by atoms with Crippen molar-refractivity contribution in [3.05, 3.63) is 29.3 Å². The summed E-state index contributed by atoms with van der Waals surface area (Å²) in [6.45, 7) is 2.60. The number of hydrogen-bond donors (Lipinski definition) is 1. The highest BCUT2D eigenvalue weighted by Crippen LogP contribution is 2.33. The third-order valence-electron chi connectivity index (χ3n) is 3.53. The molecular formula is C15H19NO4. The third kappa shape index (κ3) is 3.23. The molecule has 20 heavy (non-hydrogen) atoms. The topological polar surface area (TPSA) is 64.6 Å². The molecule has 2 rings (SSSR count). The molecule has 1 heterocycles. The molecule has 1 aromatic carbocycles. The van der Waals surface area contributed by atoms with E-state index in [9.17, 15) is 9.59 Å². The van der Waals surface area contributed by atoms with E-state index < -0.39 is 0 Å². The van der Waals surface area contributed by atoms with Gasteiger partial charge in [-0.15, -0.1) is 0 Å². The Labute approximate surface area is 118 Å². The zero-order chi connectivity index (χ0) is 14.5. The minimum atomic E-state index is -0.0650. The lowest BCUT2D eigenvalue weighted by molar-refractivity contribution is -0.117. The average Bonchev–Trinajstić information content (AvgIpc) is 2.97. The molecule has 1 aliphatic heterocycles. The Bertz CT molecular complexity index is 495. The first-order chi connectivity index (χ1) is 9.65. The molecule has 0 aliphatic carbocycles. The summed E-state index contributed by atoms with van der Waals surface area (Å²) < 4.78 is 10.7. The minimum Gasteiger partial charge on any atom is -0.496 e. The van der Waals surface area contributed by atoms with Gasteiger partial charge in [-0.05, 0) is 30.7 Å². The molecule has 1 aromatic rings. The van der Waals surface area contributed by atoms with Crippen molar-refractivity contribution in [3.63, 3.8) is 0 Å². The summed E-state index contributed by atoms with van der Waals surface area (Å²) >= 11 is 0. The number of benzene rings is 1. The summed E-state index contributed by atoms with van der Waals surface area (Å²) in [6.07, 6.45) is 1.19. The van der Waals surface area contributed by atoms with Crippen LogP contribution >= 0.6 is 0 Å². The number of ketones is 1. The molecule has 0 bridgehead atoms. The smallest absolute Gasteiger partial charge is 0.150 e. The Balaban J connectivity index is 2.39. The molecule has 108 valence electrons. The van der Waals surface area contributed by atoms with Crippen LogP contribution in [0.3, 0.4) is 0 Å². The van der Waals surface area contributed by atoms with Crippen LogP contribution in [-0.4, -0.2) is 38.6 Å². The van der Waals surface area contributed by atoms with Gasteiger partial charge in [-0.3, -0.25) is 10.1 Å². The molecule has 0 radical (unpaired) electrons. The third-order valence-corrected chi connectivity index (χ3v) is 3.53. The van der Waals surface area contributed by atoms with Crippen LogP contribution in [0.1, 0.15) is 35.2 Å². The van der Waals surface area contributed by atoms with E-state index in [0.29, 0.717) is 31.1 Å².